The normalized spacial score (nSPS) is 26.1. The quantitative estimate of drug-likeness (QED) is 0.205. The van der Waals surface area contributed by atoms with Crippen molar-refractivity contribution in [2.24, 2.45) is 0 Å². The van der Waals surface area contributed by atoms with Crippen LogP contribution in [0.2, 0.25) is 0 Å². The Labute approximate surface area is 195 Å². The molecule has 2 heterocycles. The minimum Gasteiger partial charge on any atom is -0.314 e. The first-order valence-electron chi connectivity index (χ1n) is 9.36. The molecule has 0 bridgehead atoms. The molecule has 0 saturated carbocycles. The van der Waals surface area contributed by atoms with E-state index in [4.69, 9.17) is 9.25 Å². The predicted molar refractivity (Wildman–Crippen MR) is 112 cm³/mol. The average molecular weight is 597 g/mol. The molecule has 2 saturated heterocycles. The average Bonchev–Trinajstić information content (AvgIpc) is 2.73. The van der Waals surface area contributed by atoms with Gasteiger partial charge in [-0.25, -0.2) is 18.3 Å². The van der Waals surface area contributed by atoms with Gasteiger partial charge in [-0.3, -0.25) is 18.8 Å². The van der Waals surface area contributed by atoms with E-state index in [1.807, 2.05) is 0 Å². The Morgan fingerprint density at radius 2 is 1.03 bits per heavy atom. The van der Waals surface area contributed by atoms with Crippen LogP contribution in [0, 0.1) is 0 Å². The summed E-state index contributed by atoms with van der Waals surface area (Å²) in [5.41, 5.74) is 0. The first kappa shape index (κ1) is 30.7. The monoisotopic (exact) mass is 597 g/mol. The zero-order valence-corrected chi connectivity index (χ0v) is 22.5. The number of hydrogen-bond donors (Lipinski definition) is 4. The van der Waals surface area contributed by atoms with E-state index in [1.54, 1.807) is 0 Å². The van der Waals surface area contributed by atoms with Gasteiger partial charge in [0, 0.05) is 71.1 Å². The molecule has 2 fully saturated rings. The molecule has 4 unspecified atom stereocenters. The second-order valence-corrected chi connectivity index (χ2v) is 14.0. The van der Waals surface area contributed by atoms with E-state index in [-0.39, 0.29) is 26.2 Å². The van der Waals surface area contributed by atoms with Gasteiger partial charge in [0.25, 0.3) is 0 Å². The second kappa shape index (κ2) is 13.3. The summed E-state index contributed by atoms with van der Waals surface area (Å²) >= 11 is 0. The molecule has 34 heavy (non-hydrogen) atoms. The molecule has 0 aromatic rings. The maximum absolute atomic E-state index is 12.5. The summed E-state index contributed by atoms with van der Waals surface area (Å²) in [4.78, 5) is 19.5. The topological polar surface area (TPSA) is 230 Å². The number of phosphoric acid groups is 4. The fraction of sp³-hybridized carbons (Fsp3) is 1.00. The molecule has 200 valence electrons. The summed E-state index contributed by atoms with van der Waals surface area (Å²) in [7, 11) is -22.8. The van der Waals surface area contributed by atoms with Gasteiger partial charge in [0.05, 0.1) is 0 Å². The highest BCUT2D eigenvalue weighted by atomic mass is 31.3. The molecule has 19 nitrogen and oxygen atoms in total. The third kappa shape index (κ3) is 10.8. The zero-order valence-electron chi connectivity index (χ0n) is 18.0. The number of piperazine rings is 2. The highest BCUT2D eigenvalue weighted by Crippen LogP contribution is 2.70. The van der Waals surface area contributed by atoms with Crippen molar-refractivity contribution in [1.29, 1.82) is 0 Å². The highest BCUT2D eigenvalue weighted by molar-refractivity contribution is 7.68. The van der Waals surface area contributed by atoms with Gasteiger partial charge in [0.15, 0.2) is 0 Å². The van der Waals surface area contributed by atoms with Crippen molar-refractivity contribution in [3.63, 3.8) is 0 Å². The second-order valence-electron chi connectivity index (χ2n) is 6.27. The molecule has 24 heteroatoms. The Morgan fingerprint density at radius 1 is 0.706 bits per heavy atom. The Morgan fingerprint density at radius 3 is 1.32 bits per heavy atom. The molecule has 0 radical (unpaired) electrons. The van der Waals surface area contributed by atoms with E-state index in [2.05, 4.69) is 36.9 Å². The van der Waals surface area contributed by atoms with Crippen molar-refractivity contribution in [2.75, 3.05) is 66.6 Å². The molecule has 2 aliphatic rings. The van der Waals surface area contributed by atoms with Crippen molar-refractivity contribution in [3.05, 3.63) is 0 Å². The minimum absolute atomic E-state index is 0.227. The number of rotatable bonds is 14. The van der Waals surface area contributed by atoms with E-state index in [0.717, 1.165) is 24.3 Å². The lowest BCUT2D eigenvalue weighted by molar-refractivity contribution is -0.0900. The maximum Gasteiger partial charge on any atom is 0.719 e. The molecule has 4 N–H and O–H groups in total. The Balaban J connectivity index is 1.94. The fourth-order valence-electron chi connectivity index (χ4n) is 2.36. The van der Waals surface area contributed by atoms with E-state index >= 15 is 0 Å². The van der Waals surface area contributed by atoms with Crippen LogP contribution in [0.15, 0.2) is 0 Å². The molecule has 0 aromatic heterocycles. The standard InChI is InChI=1S/C10H25N4O15P5/c1-22-33(20,24-13-7-3-11-4-8-13)28-31(16,17)26-30(15)27-32(18,19)29-34(21,23-2)25-14-9-5-12-6-10-14/h11-12H,3-10H2,1-2H3,(H-,16,17,18,19)/p+1. The van der Waals surface area contributed by atoms with Crippen LogP contribution in [0.4, 0.5) is 0 Å². The third-order valence-corrected chi connectivity index (χ3v) is 11.5. The SMILES string of the molecule is COP(=O)(ON1CCNCC1)OP(=O)(O)O[P+](=O)OP(=O)(O)OP(=O)(OC)ON1CCNCC1. The summed E-state index contributed by atoms with van der Waals surface area (Å²) in [6.07, 6.45) is 0. The van der Waals surface area contributed by atoms with Gasteiger partial charge in [-0.15, -0.1) is 0 Å². The van der Waals surface area contributed by atoms with Crippen molar-refractivity contribution in [1.82, 2.24) is 20.8 Å². The lowest BCUT2D eigenvalue weighted by Gasteiger charge is -2.28. The van der Waals surface area contributed by atoms with Gasteiger partial charge in [-0.1, -0.05) is 0 Å². The van der Waals surface area contributed by atoms with Crippen LogP contribution in [-0.2, 0) is 58.4 Å². The van der Waals surface area contributed by atoms with Gasteiger partial charge in [-0.2, -0.15) is 28.0 Å². The molecule has 2 aliphatic heterocycles. The van der Waals surface area contributed by atoms with Crippen molar-refractivity contribution < 1.29 is 68.2 Å². The third-order valence-electron chi connectivity index (χ3n) is 3.78. The predicted octanol–water partition coefficient (Wildman–Crippen LogP) is 1.09. The van der Waals surface area contributed by atoms with Crippen LogP contribution < -0.4 is 10.6 Å². The van der Waals surface area contributed by atoms with Crippen LogP contribution in [0.5, 0.6) is 0 Å². The van der Waals surface area contributed by atoms with Crippen molar-refractivity contribution >= 4 is 39.5 Å². The summed E-state index contributed by atoms with van der Waals surface area (Å²) in [5.74, 6) is 0. The first-order valence-corrected chi connectivity index (χ1v) is 16.4. The van der Waals surface area contributed by atoms with Crippen molar-refractivity contribution in [3.8, 4) is 0 Å². The molecule has 0 aliphatic carbocycles. The molecule has 0 amide bonds. The minimum atomic E-state index is -5.53. The largest absolute Gasteiger partial charge is 0.719 e. The first-order chi connectivity index (χ1) is 15.8. The van der Waals surface area contributed by atoms with Crippen LogP contribution in [-0.4, -0.2) is 86.5 Å². The van der Waals surface area contributed by atoms with E-state index in [9.17, 15) is 32.6 Å². The van der Waals surface area contributed by atoms with Crippen LogP contribution in [0.1, 0.15) is 0 Å². The number of nitrogens with zero attached hydrogens (tertiary/aromatic N) is 2. The molecular formula is C10H26N4O15P5+. The van der Waals surface area contributed by atoms with Gasteiger partial charge in [-0.05, 0) is 8.62 Å². The summed E-state index contributed by atoms with van der Waals surface area (Å²) in [6, 6.07) is 0. The Kier molecular flexibility index (Phi) is 12.0. The smallest absolute Gasteiger partial charge is 0.314 e. The number of hydroxylamine groups is 4. The molecule has 4 atom stereocenters. The Bertz CT molecular complexity index is 812. The van der Waals surface area contributed by atoms with E-state index in [1.165, 1.54) is 0 Å². The molecular weight excluding hydrogens is 571 g/mol. The number of nitrogens with one attached hydrogen (secondary N) is 2. The summed E-state index contributed by atoms with van der Waals surface area (Å²) in [5, 5.41) is 8.22. The van der Waals surface area contributed by atoms with Crippen LogP contribution >= 0.6 is 39.5 Å². The van der Waals surface area contributed by atoms with Crippen LogP contribution in [0.25, 0.3) is 0 Å². The maximum atomic E-state index is 12.5. The van der Waals surface area contributed by atoms with Crippen LogP contribution in [0.3, 0.4) is 0 Å². The summed E-state index contributed by atoms with van der Waals surface area (Å²) in [6.45, 7) is 2.71. The van der Waals surface area contributed by atoms with E-state index < -0.39 is 39.5 Å². The fourth-order valence-corrected chi connectivity index (χ4v) is 8.69. The molecule has 2 rings (SSSR count). The van der Waals surface area contributed by atoms with Gasteiger partial charge in [0.2, 0.25) is 0 Å². The molecule has 0 spiro atoms. The van der Waals surface area contributed by atoms with Crippen molar-refractivity contribution in [2.45, 2.75) is 0 Å². The van der Waals surface area contributed by atoms with Gasteiger partial charge < -0.3 is 10.6 Å². The summed E-state index contributed by atoms with van der Waals surface area (Å²) < 4.78 is 96.7. The zero-order chi connectivity index (χ0) is 25.5. The molecule has 0 aromatic carbocycles. The highest BCUT2D eigenvalue weighted by Gasteiger charge is 2.52. The lowest BCUT2D eigenvalue weighted by atomic mass is 10.4. The van der Waals surface area contributed by atoms with Gasteiger partial charge >= 0.3 is 39.5 Å². The number of hydrogen-bond acceptors (Lipinski definition) is 17. The van der Waals surface area contributed by atoms with Gasteiger partial charge in [0.1, 0.15) is 0 Å². The Hall–Kier alpha value is 0.460. The van der Waals surface area contributed by atoms with E-state index in [0.29, 0.717) is 26.2 Å². The lowest BCUT2D eigenvalue weighted by Crippen LogP contribution is -2.42.